The number of hydrogen-bond donors (Lipinski definition) is 1. The van der Waals surface area contributed by atoms with Gasteiger partial charge in [0.1, 0.15) is 5.75 Å². The van der Waals surface area contributed by atoms with E-state index in [-0.39, 0.29) is 5.91 Å². The molecule has 1 aliphatic rings. The molecule has 0 aromatic heterocycles. The van der Waals surface area contributed by atoms with Crippen molar-refractivity contribution in [2.45, 2.75) is 26.2 Å². The van der Waals surface area contributed by atoms with Gasteiger partial charge in [0.05, 0.1) is 6.61 Å². The molecule has 1 amide bonds. The molecule has 2 aromatic carbocycles. The number of nitrogens with one attached hydrogen (secondary N) is 1. The monoisotopic (exact) mass is 359 g/mol. The molecule has 22 heavy (non-hydrogen) atoms. The highest BCUT2D eigenvalue weighted by atomic mass is 79.9. The Morgan fingerprint density at radius 3 is 2.95 bits per heavy atom. The van der Waals surface area contributed by atoms with E-state index in [1.54, 1.807) is 0 Å². The van der Waals surface area contributed by atoms with Gasteiger partial charge in [-0.25, -0.2) is 0 Å². The van der Waals surface area contributed by atoms with Crippen molar-refractivity contribution >= 4 is 27.5 Å². The lowest BCUT2D eigenvalue weighted by Crippen LogP contribution is -2.13. The van der Waals surface area contributed by atoms with Crippen molar-refractivity contribution in [1.29, 1.82) is 0 Å². The SMILES string of the molecule is Cc1cc(Br)ccc1NC(=O)CCc1ccc2c(c1)CCO2. The minimum absolute atomic E-state index is 0.0437. The molecule has 4 heteroatoms. The Balaban J connectivity index is 1.58. The van der Waals surface area contributed by atoms with Gasteiger partial charge in [0.15, 0.2) is 0 Å². The van der Waals surface area contributed by atoms with E-state index < -0.39 is 0 Å². The minimum atomic E-state index is 0.0437. The number of carbonyl (C=O) groups excluding carboxylic acids is 1. The number of aryl methyl sites for hydroxylation is 2. The minimum Gasteiger partial charge on any atom is -0.493 e. The molecule has 2 aromatic rings. The van der Waals surface area contributed by atoms with E-state index in [9.17, 15) is 4.79 Å². The fourth-order valence-corrected chi connectivity index (χ4v) is 3.11. The van der Waals surface area contributed by atoms with Crippen molar-refractivity contribution in [3.05, 3.63) is 57.6 Å². The lowest BCUT2D eigenvalue weighted by molar-refractivity contribution is -0.116. The Morgan fingerprint density at radius 2 is 2.14 bits per heavy atom. The van der Waals surface area contributed by atoms with Gasteiger partial charge in [0.25, 0.3) is 0 Å². The summed E-state index contributed by atoms with van der Waals surface area (Å²) in [5.74, 6) is 1.03. The van der Waals surface area contributed by atoms with Crippen LogP contribution in [-0.4, -0.2) is 12.5 Å². The van der Waals surface area contributed by atoms with Crippen molar-refractivity contribution in [3.8, 4) is 5.75 Å². The quantitative estimate of drug-likeness (QED) is 0.885. The van der Waals surface area contributed by atoms with Crippen LogP contribution in [0.15, 0.2) is 40.9 Å². The molecule has 3 nitrogen and oxygen atoms in total. The van der Waals surface area contributed by atoms with Crippen LogP contribution in [-0.2, 0) is 17.6 Å². The maximum absolute atomic E-state index is 12.1. The summed E-state index contributed by atoms with van der Waals surface area (Å²) >= 11 is 3.43. The van der Waals surface area contributed by atoms with Gasteiger partial charge in [-0.3, -0.25) is 4.79 Å². The number of fused-ring (bicyclic) bond motifs is 1. The number of rotatable bonds is 4. The number of anilines is 1. The van der Waals surface area contributed by atoms with Crippen LogP contribution in [0.2, 0.25) is 0 Å². The first kappa shape index (κ1) is 15.1. The van der Waals surface area contributed by atoms with Crippen LogP contribution in [0.4, 0.5) is 5.69 Å². The fourth-order valence-electron chi connectivity index (χ4n) is 2.63. The van der Waals surface area contributed by atoms with Crippen LogP contribution in [0.1, 0.15) is 23.1 Å². The summed E-state index contributed by atoms with van der Waals surface area (Å²) in [4.78, 5) is 12.1. The molecule has 0 aliphatic carbocycles. The first-order chi connectivity index (χ1) is 10.6. The van der Waals surface area contributed by atoms with Crippen molar-refractivity contribution in [1.82, 2.24) is 0 Å². The van der Waals surface area contributed by atoms with E-state index in [1.807, 2.05) is 37.3 Å². The second kappa shape index (κ2) is 6.53. The van der Waals surface area contributed by atoms with Crippen molar-refractivity contribution in [2.75, 3.05) is 11.9 Å². The van der Waals surface area contributed by atoms with Crippen molar-refractivity contribution < 1.29 is 9.53 Å². The van der Waals surface area contributed by atoms with E-state index >= 15 is 0 Å². The van der Waals surface area contributed by atoms with Crippen molar-refractivity contribution in [3.63, 3.8) is 0 Å². The highest BCUT2D eigenvalue weighted by Gasteiger charge is 2.12. The van der Waals surface area contributed by atoms with Crippen molar-refractivity contribution in [2.24, 2.45) is 0 Å². The molecule has 0 atom stereocenters. The van der Waals surface area contributed by atoms with Gasteiger partial charge in [-0.05, 0) is 54.3 Å². The number of benzene rings is 2. The van der Waals surface area contributed by atoms with Gasteiger partial charge in [-0.15, -0.1) is 0 Å². The fraction of sp³-hybridized carbons (Fsp3) is 0.278. The standard InChI is InChI=1S/C18H18BrNO2/c1-12-10-15(19)4-5-16(12)20-18(21)7-3-13-2-6-17-14(11-13)8-9-22-17/h2,4-6,10-11H,3,7-9H2,1H3,(H,20,21). The second-order valence-electron chi connectivity index (χ2n) is 5.55. The normalized spacial score (nSPS) is 12.6. The third-order valence-corrected chi connectivity index (χ3v) is 4.35. The third-order valence-electron chi connectivity index (χ3n) is 3.86. The number of carbonyl (C=O) groups is 1. The summed E-state index contributed by atoms with van der Waals surface area (Å²) in [5.41, 5.74) is 4.36. The van der Waals surface area contributed by atoms with E-state index in [4.69, 9.17) is 4.74 Å². The zero-order valence-corrected chi connectivity index (χ0v) is 14.1. The molecule has 1 aliphatic heterocycles. The molecular weight excluding hydrogens is 342 g/mol. The van der Waals surface area contributed by atoms with Crippen LogP contribution in [0, 0.1) is 6.92 Å². The molecule has 114 valence electrons. The van der Waals surface area contributed by atoms with Crippen LogP contribution >= 0.6 is 15.9 Å². The summed E-state index contributed by atoms with van der Waals surface area (Å²) in [7, 11) is 0. The summed E-state index contributed by atoms with van der Waals surface area (Å²) in [6.45, 7) is 2.75. The molecule has 0 fully saturated rings. The highest BCUT2D eigenvalue weighted by molar-refractivity contribution is 9.10. The van der Waals surface area contributed by atoms with E-state index in [1.165, 1.54) is 11.1 Å². The molecule has 1 N–H and O–H groups in total. The topological polar surface area (TPSA) is 38.3 Å². The Kier molecular flexibility index (Phi) is 4.48. The highest BCUT2D eigenvalue weighted by Crippen LogP contribution is 2.26. The Morgan fingerprint density at radius 1 is 1.27 bits per heavy atom. The van der Waals surface area contributed by atoms with E-state index in [0.29, 0.717) is 6.42 Å². The average Bonchev–Trinajstić information content (AvgIpc) is 2.95. The Bertz CT molecular complexity index is 712. The molecule has 0 spiro atoms. The summed E-state index contributed by atoms with van der Waals surface area (Å²) in [6, 6.07) is 12.1. The molecule has 0 saturated heterocycles. The lowest BCUT2D eigenvalue weighted by atomic mass is 10.0. The molecule has 0 radical (unpaired) electrons. The van der Waals surface area contributed by atoms with Gasteiger partial charge in [-0.2, -0.15) is 0 Å². The number of ether oxygens (including phenoxy) is 1. The lowest BCUT2D eigenvalue weighted by Gasteiger charge is -2.09. The number of halogens is 1. The largest absolute Gasteiger partial charge is 0.493 e. The summed E-state index contributed by atoms with van der Waals surface area (Å²) in [5, 5.41) is 2.98. The van der Waals surface area contributed by atoms with Gasteiger partial charge in [0, 0.05) is 23.0 Å². The summed E-state index contributed by atoms with van der Waals surface area (Å²) in [6.07, 6.45) is 2.19. The van der Waals surface area contributed by atoms with Crippen LogP contribution in [0.3, 0.4) is 0 Å². The van der Waals surface area contributed by atoms with Gasteiger partial charge in [-0.1, -0.05) is 28.1 Å². The van der Waals surface area contributed by atoms with E-state index in [0.717, 1.165) is 40.9 Å². The van der Waals surface area contributed by atoms with E-state index in [2.05, 4.69) is 27.3 Å². The molecule has 0 saturated carbocycles. The zero-order valence-electron chi connectivity index (χ0n) is 12.5. The number of hydrogen-bond acceptors (Lipinski definition) is 2. The first-order valence-corrected chi connectivity index (χ1v) is 8.22. The molecule has 0 bridgehead atoms. The number of amides is 1. The van der Waals surface area contributed by atoms with Gasteiger partial charge < -0.3 is 10.1 Å². The van der Waals surface area contributed by atoms with Crippen LogP contribution in [0.25, 0.3) is 0 Å². The maximum Gasteiger partial charge on any atom is 0.224 e. The summed E-state index contributed by atoms with van der Waals surface area (Å²) < 4.78 is 6.51. The molecule has 1 heterocycles. The molecular formula is C18H18BrNO2. The first-order valence-electron chi connectivity index (χ1n) is 7.42. The smallest absolute Gasteiger partial charge is 0.224 e. The Hall–Kier alpha value is -1.81. The van der Waals surface area contributed by atoms with Crippen LogP contribution in [0.5, 0.6) is 5.75 Å². The third kappa shape index (κ3) is 3.50. The zero-order chi connectivity index (χ0) is 15.5. The average molecular weight is 360 g/mol. The Labute approximate surface area is 138 Å². The molecule has 0 unspecified atom stereocenters. The molecule has 3 rings (SSSR count). The van der Waals surface area contributed by atoms with Crippen LogP contribution < -0.4 is 10.1 Å². The van der Waals surface area contributed by atoms with Gasteiger partial charge >= 0.3 is 0 Å². The predicted octanol–water partition coefficient (Wildman–Crippen LogP) is 4.26. The second-order valence-corrected chi connectivity index (χ2v) is 6.46. The predicted molar refractivity (Wildman–Crippen MR) is 91.5 cm³/mol. The van der Waals surface area contributed by atoms with Gasteiger partial charge in [0.2, 0.25) is 5.91 Å². The maximum atomic E-state index is 12.1.